The molecule has 0 saturated heterocycles. The van der Waals surface area contributed by atoms with Gasteiger partial charge in [-0.1, -0.05) is 35.9 Å². The van der Waals surface area contributed by atoms with Gasteiger partial charge in [-0.2, -0.15) is 5.26 Å². The van der Waals surface area contributed by atoms with Crippen LogP contribution in [0.3, 0.4) is 0 Å². The summed E-state index contributed by atoms with van der Waals surface area (Å²) in [6, 6.07) is 17.9. The molecule has 0 saturated carbocycles. The van der Waals surface area contributed by atoms with Gasteiger partial charge in [-0.25, -0.2) is 0 Å². The van der Waals surface area contributed by atoms with Crippen LogP contribution in [-0.4, -0.2) is 20.1 Å². The fourth-order valence-electron chi connectivity index (χ4n) is 2.14. The third kappa shape index (κ3) is 4.14. The van der Waals surface area contributed by atoms with Gasteiger partial charge in [-0.15, -0.1) is 0 Å². The first-order valence-corrected chi connectivity index (χ1v) is 7.29. The first kappa shape index (κ1) is 15.2. The number of halogens is 1. The van der Waals surface area contributed by atoms with Crippen LogP contribution >= 0.6 is 11.6 Å². The van der Waals surface area contributed by atoms with Crippen molar-refractivity contribution in [3.63, 3.8) is 0 Å². The highest BCUT2D eigenvalue weighted by Crippen LogP contribution is 2.23. The first-order chi connectivity index (χ1) is 10.2. The molecule has 21 heavy (non-hydrogen) atoms. The molecule has 0 fully saturated rings. The first-order valence-electron chi connectivity index (χ1n) is 6.91. The van der Waals surface area contributed by atoms with Gasteiger partial charge >= 0.3 is 0 Å². The molecule has 0 aliphatic carbocycles. The van der Waals surface area contributed by atoms with Gasteiger partial charge in [0.15, 0.2) is 0 Å². The molecule has 0 aromatic heterocycles. The largest absolute Gasteiger partial charge is 0.384 e. The Labute approximate surface area is 130 Å². The number of nitriles is 1. The summed E-state index contributed by atoms with van der Waals surface area (Å²) in [6.45, 7) is 1.74. The monoisotopic (exact) mass is 299 g/mol. The van der Waals surface area contributed by atoms with Gasteiger partial charge in [0.2, 0.25) is 0 Å². The number of hydrogen-bond donors (Lipinski definition) is 1. The third-order valence-electron chi connectivity index (χ3n) is 3.31. The van der Waals surface area contributed by atoms with Crippen molar-refractivity contribution in [3.8, 4) is 6.07 Å². The molecule has 1 N–H and O–H groups in total. The van der Waals surface area contributed by atoms with Crippen LogP contribution < -0.4 is 10.2 Å². The highest BCUT2D eigenvalue weighted by Gasteiger charge is 2.05. The number of anilines is 2. The predicted molar refractivity (Wildman–Crippen MR) is 89.0 cm³/mol. The summed E-state index contributed by atoms with van der Waals surface area (Å²) < 4.78 is 0. The number of nitrogens with one attached hydrogen (secondary N) is 1. The minimum absolute atomic E-state index is 0.490. The topological polar surface area (TPSA) is 39.1 Å². The van der Waals surface area contributed by atoms with Crippen LogP contribution in [0.1, 0.15) is 12.0 Å². The van der Waals surface area contributed by atoms with Crippen LogP contribution in [-0.2, 0) is 0 Å². The minimum Gasteiger partial charge on any atom is -0.384 e. The van der Waals surface area contributed by atoms with Gasteiger partial charge in [-0.05, 0) is 30.7 Å². The quantitative estimate of drug-likeness (QED) is 0.814. The zero-order chi connectivity index (χ0) is 15.1. The summed E-state index contributed by atoms with van der Waals surface area (Å²) in [5, 5.41) is 12.9. The third-order valence-corrected chi connectivity index (χ3v) is 3.62. The van der Waals surface area contributed by atoms with Crippen molar-refractivity contribution in [1.82, 2.24) is 0 Å². The van der Waals surface area contributed by atoms with Gasteiger partial charge in [0.05, 0.1) is 16.3 Å². The van der Waals surface area contributed by atoms with Crippen molar-refractivity contribution in [2.24, 2.45) is 0 Å². The molecule has 3 nitrogen and oxygen atoms in total. The SMILES string of the molecule is CN(CCCNc1cccc(Cl)c1C#N)c1ccccc1. The Balaban J connectivity index is 1.83. The maximum atomic E-state index is 9.11. The van der Waals surface area contributed by atoms with E-state index in [0.717, 1.165) is 25.2 Å². The van der Waals surface area contributed by atoms with Crippen molar-refractivity contribution in [3.05, 3.63) is 59.1 Å². The van der Waals surface area contributed by atoms with E-state index in [2.05, 4.69) is 35.5 Å². The Morgan fingerprint density at radius 1 is 1.14 bits per heavy atom. The van der Waals surface area contributed by atoms with Gasteiger partial charge in [-0.3, -0.25) is 0 Å². The van der Waals surface area contributed by atoms with E-state index < -0.39 is 0 Å². The van der Waals surface area contributed by atoms with E-state index in [0.29, 0.717) is 10.6 Å². The Hall–Kier alpha value is -2.18. The Morgan fingerprint density at radius 3 is 2.62 bits per heavy atom. The van der Waals surface area contributed by atoms with Crippen LogP contribution in [0.15, 0.2) is 48.5 Å². The van der Waals surface area contributed by atoms with Gasteiger partial charge in [0, 0.05) is 25.8 Å². The highest BCUT2D eigenvalue weighted by molar-refractivity contribution is 6.32. The molecule has 2 rings (SSSR count). The number of rotatable bonds is 6. The maximum Gasteiger partial charge on any atom is 0.103 e. The van der Waals surface area contributed by atoms with Crippen LogP contribution in [0, 0.1) is 11.3 Å². The lowest BCUT2D eigenvalue weighted by Gasteiger charge is -2.19. The van der Waals surface area contributed by atoms with E-state index in [1.807, 2.05) is 30.3 Å². The molecule has 0 aliphatic heterocycles. The van der Waals surface area contributed by atoms with Crippen molar-refractivity contribution in [1.29, 1.82) is 5.26 Å². The molecule has 0 aliphatic rings. The van der Waals surface area contributed by atoms with Crippen molar-refractivity contribution in [2.45, 2.75) is 6.42 Å². The average Bonchev–Trinajstić information content (AvgIpc) is 2.52. The second kappa shape index (κ2) is 7.56. The van der Waals surface area contributed by atoms with Crippen molar-refractivity contribution >= 4 is 23.0 Å². The molecule has 2 aromatic carbocycles. The number of benzene rings is 2. The van der Waals surface area contributed by atoms with E-state index in [4.69, 9.17) is 16.9 Å². The van der Waals surface area contributed by atoms with Gasteiger partial charge < -0.3 is 10.2 Å². The predicted octanol–water partition coefficient (Wildman–Crippen LogP) is 4.15. The highest BCUT2D eigenvalue weighted by atomic mass is 35.5. The lowest BCUT2D eigenvalue weighted by atomic mass is 10.2. The second-order valence-electron chi connectivity index (χ2n) is 4.81. The summed E-state index contributed by atoms with van der Waals surface area (Å²) in [5.74, 6) is 0. The van der Waals surface area contributed by atoms with Crippen LogP contribution in [0.25, 0.3) is 0 Å². The summed E-state index contributed by atoms with van der Waals surface area (Å²) in [7, 11) is 2.08. The number of para-hydroxylation sites is 1. The molecule has 0 radical (unpaired) electrons. The van der Waals surface area contributed by atoms with Gasteiger partial charge in [0.1, 0.15) is 6.07 Å². The molecular weight excluding hydrogens is 282 g/mol. The van der Waals surface area contributed by atoms with Crippen LogP contribution in [0.4, 0.5) is 11.4 Å². The molecule has 0 spiro atoms. The molecule has 0 bridgehead atoms. The average molecular weight is 300 g/mol. The molecule has 108 valence electrons. The van der Waals surface area contributed by atoms with E-state index in [9.17, 15) is 0 Å². The zero-order valence-corrected chi connectivity index (χ0v) is 12.8. The molecule has 4 heteroatoms. The molecule has 0 amide bonds. The summed E-state index contributed by atoms with van der Waals surface area (Å²) in [4.78, 5) is 2.21. The van der Waals surface area contributed by atoms with E-state index in [1.165, 1.54) is 5.69 Å². The lowest BCUT2D eigenvalue weighted by Crippen LogP contribution is -2.20. The van der Waals surface area contributed by atoms with Crippen molar-refractivity contribution in [2.75, 3.05) is 30.4 Å². The normalized spacial score (nSPS) is 9.95. The zero-order valence-electron chi connectivity index (χ0n) is 12.0. The molecular formula is C17H18ClN3. The Bertz CT molecular complexity index is 620. The van der Waals surface area contributed by atoms with E-state index >= 15 is 0 Å². The van der Waals surface area contributed by atoms with Gasteiger partial charge in [0.25, 0.3) is 0 Å². The van der Waals surface area contributed by atoms with E-state index in [-0.39, 0.29) is 0 Å². The number of nitrogens with zero attached hydrogens (tertiary/aromatic N) is 2. The molecule has 0 unspecified atom stereocenters. The minimum atomic E-state index is 0.490. The fraction of sp³-hybridized carbons (Fsp3) is 0.235. The summed E-state index contributed by atoms with van der Waals surface area (Å²) in [5.41, 5.74) is 2.51. The second-order valence-corrected chi connectivity index (χ2v) is 5.22. The lowest BCUT2D eigenvalue weighted by molar-refractivity contribution is 0.816. The molecule has 0 atom stereocenters. The Kier molecular flexibility index (Phi) is 5.48. The molecule has 0 heterocycles. The van der Waals surface area contributed by atoms with Crippen LogP contribution in [0.5, 0.6) is 0 Å². The fourth-order valence-corrected chi connectivity index (χ4v) is 2.35. The maximum absolute atomic E-state index is 9.11. The van der Waals surface area contributed by atoms with Crippen LogP contribution in [0.2, 0.25) is 5.02 Å². The number of hydrogen-bond acceptors (Lipinski definition) is 3. The Morgan fingerprint density at radius 2 is 1.90 bits per heavy atom. The van der Waals surface area contributed by atoms with E-state index in [1.54, 1.807) is 6.07 Å². The smallest absolute Gasteiger partial charge is 0.103 e. The summed E-state index contributed by atoms with van der Waals surface area (Å²) >= 11 is 6.00. The summed E-state index contributed by atoms with van der Waals surface area (Å²) in [6.07, 6.45) is 0.975. The molecule has 2 aromatic rings. The van der Waals surface area contributed by atoms with Crippen molar-refractivity contribution < 1.29 is 0 Å². The standard InChI is InChI=1S/C17H18ClN3/c1-21(14-7-3-2-4-8-14)12-6-11-20-17-10-5-9-16(18)15(17)13-19/h2-5,7-10,20H,6,11-12H2,1H3.